The zero-order valence-corrected chi connectivity index (χ0v) is 10.4. The number of thiocarbonyl (C=S) groups is 1. The first-order chi connectivity index (χ1) is 7.81. The Balaban J connectivity index is 1.92. The van der Waals surface area contributed by atoms with Crippen molar-refractivity contribution in [3.05, 3.63) is 24.2 Å². The number of furan rings is 1. The zero-order valence-electron chi connectivity index (χ0n) is 9.61. The molecule has 2 rings (SSSR count). The summed E-state index contributed by atoms with van der Waals surface area (Å²) in [6, 6.07) is 4.53. The van der Waals surface area contributed by atoms with Crippen molar-refractivity contribution in [1.29, 1.82) is 0 Å². The predicted molar refractivity (Wildman–Crippen MR) is 68.2 cm³/mol. The van der Waals surface area contributed by atoms with Crippen LogP contribution in [0, 0.1) is 0 Å². The third-order valence-corrected chi connectivity index (χ3v) is 3.06. The Morgan fingerprint density at radius 1 is 1.62 bits per heavy atom. The maximum absolute atomic E-state index is 5.40. The summed E-state index contributed by atoms with van der Waals surface area (Å²) < 4.78 is 5.37. The smallest absolute Gasteiger partial charge is 0.169 e. The first-order valence-corrected chi connectivity index (χ1v) is 6.29. The molecule has 1 N–H and O–H groups in total. The minimum absolute atomic E-state index is 0.613. The van der Waals surface area contributed by atoms with Gasteiger partial charge in [-0.1, -0.05) is 6.92 Å². The highest BCUT2D eigenvalue weighted by Gasteiger charge is 2.31. The Morgan fingerprint density at radius 3 is 3.00 bits per heavy atom. The number of nitrogens with one attached hydrogen (secondary N) is 1. The molecule has 1 fully saturated rings. The van der Waals surface area contributed by atoms with E-state index in [2.05, 4.69) is 17.1 Å². The van der Waals surface area contributed by atoms with Gasteiger partial charge in [0.1, 0.15) is 5.76 Å². The first kappa shape index (κ1) is 11.5. The third-order valence-electron chi connectivity index (χ3n) is 2.68. The molecule has 16 heavy (non-hydrogen) atoms. The molecule has 88 valence electrons. The van der Waals surface area contributed by atoms with Crippen LogP contribution < -0.4 is 5.32 Å². The molecule has 0 spiro atoms. The molecule has 0 bridgehead atoms. The van der Waals surface area contributed by atoms with E-state index in [1.807, 2.05) is 12.1 Å². The highest BCUT2D eigenvalue weighted by Crippen LogP contribution is 2.28. The maximum atomic E-state index is 5.40. The molecule has 1 aliphatic carbocycles. The number of rotatable bonds is 5. The lowest BCUT2D eigenvalue weighted by molar-refractivity contribution is 0.349. The fourth-order valence-corrected chi connectivity index (χ4v) is 1.97. The Kier molecular flexibility index (Phi) is 3.83. The lowest BCUT2D eigenvalue weighted by Crippen LogP contribution is -2.40. The molecule has 0 atom stereocenters. The minimum Gasteiger partial charge on any atom is -0.467 e. The zero-order chi connectivity index (χ0) is 11.4. The van der Waals surface area contributed by atoms with Gasteiger partial charge in [0, 0.05) is 12.6 Å². The van der Waals surface area contributed by atoms with Gasteiger partial charge in [-0.2, -0.15) is 0 Å². The van der Waals surface area contributed by atoms with E-state index in [0.29, 0.717) is 6.04 Å². The molecule has 0 saturated heterocycles. The van der Waals surface area contributed by atoms with Crippen LogP contribution in [0.15, 0.2) is 22.8 Å². The molecule has 1 heterocycles. The van der Waals surface area contributed by atoms with Crippen molar-refractivity contribution in [2.45, 2.75) is 38.8 Å². The van der Waals surface area contributed by atoms with Crippen molar-refractivity contribution in [3.63, 3.8) is 0 Å². The van der Waals surface area contributed by atoms with E-state index < -0.39 is 0 Å². The van der Waals surface area contributed by atoms with Gasteiger partial charge >= 0.3 is 0 Å². The normalized spacial score (nSPS) is 14.8. The molecule has 1 aliphatic rings. The van der Waals surface area contributed by atoms with Crippen LogP contribution in [-0.4, -0.2) is 22.6 Å². The summed E-state index contributed by atoms with van der Waals surface area (Å²) in [6.45, 7) is 3.87. The van der Waals surface area contributed by atoms with Crippen LogP contribution in [0.2, 0.25) is 0 Å². The lowest BCUT2D eigenvalue weighted by Gasteiger charge is -2.24. The summed E-state index contributed by atoms with van der Waals surface area (Å²) in [5.74, 6) is 0.979. The highest BCUT2D eigenvalue weighted by molar-refractivity contribution is 7.80. The van der Waals surface area contributed by atoms with E-state index in [1.165, 1.54) is 12.8 Å². The van der Waals surface area contributed by atoms with Crippen molar-refractivity contribution in [3.8, 4) is 0 Å². The largest absolute Gasteiger partial charge is 0.467 e. The van der Waals surface area contributed by atoms with Crippen LogP contribution in [0.1, 0.15) is 31.9 Å². The van der Waals surface area contributed by atoms with Gasteiger partial charge in [0.05, 0.1) is 12.8 Å². The maximum Gasteiger partial charge on any atom is 0.169 e. The summed E-state index contributed by atoms with van der Waals surface area (Å²) in [6.07, 6.45) is 5.30. The van der Waals surface area contributed by atoms with Crippen molar-refractivity contribution >= 4 is 17.3 Å². The summed E-state index contributed by atoms with van der Waals surface area (Å²) in [5.41, 5.74) is 0. The highest BCUT2D eigenvalue weighted by atomic mass is 32.1. The quantitative estimate of drug-likeness (QED) is 0.798. The van der Waals surface area contributed by atoms with Crippen LogP contribution in [0.5, 0.6) is 0 Å². The summed E-state index contributed by atoms with van der Waals surface area (Å²) in [5, 5.41) is 4.14. The van der Waals surface area contributed by atoms with Gasteiger partial charge in [0.2, 0.25) is 0 Å². The Morgan fingerprint density at radius 2 is 2.44 bits per heavy atom. The van der Waals surface area contributed by atoms with Gasteiger partial charge in [0.15, 0.2) is 5.11 Å². The SMILES string of the molecule is CCCNC(=S)N(Cc1ccco1)C1CC1. The second-order valence-corrected chi connectivity index (χ2v) is 4.56. The second kappa shape index (κ2) is 5.34. The molecule has 0 unspecified atom stereocenters. The van der Waals surface area contributed by atoms with Crippen molar-refractivity contribution in [2.75, 3.05) is 6.54 Å². The van der Waals surface area contributed by atoms with Crippen LogP contribution in [0.4, 0.5) is 0 Å². The fourth-order valence-electron chi connectivity index (χ4n) is 1.66. The summed E-state index contributed by atoms with van der Waals surface area (Å²) in [4.78, 5) is 2.24. The van der Waals surface area contributed by atoms with E-state index in [9.17, 15) is 0 Å². The Bertz CT molecular complexity index is 333. The van der Waals surface area contributed by atoms with E-state index >= 15 is 0 Å². The average molecular weight is 238 g/mol. The molecule has 0 aliphatic heterocycles. The average Bonchev–Trinajstić information content (AvgIpc) is 3.00. The molecule has 0 amide bonds. The Labute approximate surface area is 102 Å². The fraction of sp³-hybridized carbons (Fsp3) is 0.583. The molecule has 1 saturated carbocycles. The van der Waals surface area contributed by atoms with Crippen molar-refractivity contribution in [1.82, 2.24) is 10.2 Å². The van der Waals surface area contributed by atoms with Gasteiger partial charge in [-0.05, 0) is 43.6 Å². The molecule has 1 aromatic heterocycles. The first-order valence-electron chi connectivity index (χ1n) is 5.88. The van der Waals surface area contributed by atoms with Crippen molar-refractivity contribution < 1.29 is 4.42 Å². The van der Waals surface area contributed by atoms with E-state index in [1.54, 1.807) is 6.26 Å². The van der Waals surface area contributed by atoms with Gasteiger partial charge in [-0.25, -0.2) is 0 Å². The van der Waals surface area contributed by atoms with Crippen LogP contribution in [-0.2, 0) is 6.54 Å². The Hall–Kier alpha value is -1.03. The topological polar surface area (TPSA) is 28.4 Å². The van der Waals surface area contributed by atoms with Gasteiger partial charge in [-0.3, -0.25) is 0 Å². The van der Waals surface area contributed by atoms with Crippen LogP contribution in [0.25, 0.3) is 0 Å². The predicted octanol–water partition coefficient (Wildman–Crippen LogP) is 2.53. The van der Waals surface area contributed by atoms with E-state index in [4.69, 9.17) is 16.6 Å². The van der Waals surface area contributed by atoms with Crippen molar-refractivity contribution in [2.24, 2.45) is 0 Å². The number of hydrogen-bond donors (Lipinski definition) is 1. The number of nitrogens with zero attached hydrogens (tertiary/aromatic N) is 1. The van der Waals surface area contributed by atoms with Crippen LogP contribution >= 0.6 is 12.2 Å². The van der Waals surface area contributed by atoms with E-state index in [0.717, 1.165) is 30.4 Å². The summed E-state index contributed by atoms with van der Waals surface area (Å²) >= 11 is 5.40. The minimum atomic E-state index is 0.613. The number of hydrogen-bond acceptors (Lipinski definition) is 2. The molecule has 1 aromatic rings. The molecule has 3 nitrogen and oxygen atoms in total. The standard InChI is InChI=1S/C12H18N2OS/c1-2-7-13-12(16)14(10-5-6-10)9-11-4-3-8-15-11/h3-4,8,10H,2,5-7,9H2,1H3,(H,13,16). The van der Waals surface area contributed by atoms with Crippen LogP contribution in [0.3, 0.4) is 0 Å². The lowest BCUT2D eigenvalue weighted by atomic mass is 10.4. The molecular weight excluding hydrogens is 220 g/mol. The molecule has 0 aromatic carbocycles. The summed E-state index contributed by atoms with van der Waals surface area (Å²) in [7, 11) is 0. The molecular formula is C12H18N2OS. The monoisotopic (exact) mass is 238 g/mol. The third kappa shape index (κ3) is 2.98. The van der Waals surface area contributed by atoms with E-state index in [-0.39, 0.29) is 0 Å². The second-order valence-electron chi connectivity index (χ2n) is 4.17. The molecule has 0 radical (unpaired) electrons. The van der Waals surface area contributed by atoms with Gasteiger partial charge in [0.25, 0.3) is 0 Å². The molecule has 4 heteroatoms. The van der Waals surface area contributed by atoms with Gasteiger partial charge in [-0.15, -0.1) is 0 Å². The van der Waals surface area contributed by atoms with Gasteiger partial charge < -0.3 is 14.6 Å².